The molecule has 168 valence electrons. The van der Waals surface area contributed by atoms with Crippen LogP contribution in [0.2, 0.25) is 0 Å². The maximum absolute atomic E-state index is 12.9. The van der Waals surface area contributed by atoms with Gasteiger partial charge < -0.3 is 9.84 Å². The summed E-state index contributed by atoms with van der Waals surface area (Å²) in [6.07, 6.45) is -1.94. The third kappa shape index (κ3) is 4.13. The van der Waals surface area contributed by atoms with Crippen LogP contribution in [0.3, 0.4) is 0 Å². The Bertz CT molecular complexity index is 1310. The first kappa shape index (κ1) is 21.0. The van der Waals surface area contributed by atoms with Crippen LogP contribution < -0.4 is 5.32 Å². The van der Waals surface area contributed by atoms with E-state index in [4.69, 9.17) is 4.52 Å². The number of aromatic nitrogens is 3. The summed E-state index contributed by atoms with van der Waals surface area (Å²) in [4.78, 5) is 36.7. The second kappa shape index (κ2) is 7.91. The quantitative estimate of drug-likeness (QED) is 0.585. The van der Waals surface area contributed by atoms with Gasteiger partial charge in [-0.25, -0.2) is 9.97 Å². The minimum Gasteiger partial charge on any atom is -0.361 e. The predicted molar refractivity (Wildman–Crippen MR) is 109 cm³/mol. The van der Waals surface area contributed by atoms with Crippen LogP contribution in [0.1, 0.15) is 51.5 Å². The van der Waals surface area contributed by atoms with E-state index < -0.39 is 11.7 Å². The molecule has 0 fully saturated rings. The molecule has 0 unspecified atom stereocenters. The molecule has 0 saturated carbocycles. The number of rotatable bonds is 5. The van der Waals surface area contributed by atoms with Gasteiger partial charge in [-0.15, -0.1) is 0 Å². The van der Waals surface area contributed by atoms with E-state index in [2.05, 4.69) is 25.4 Å². The van der Waals surface area contributed by atoms with Crippen LogP contribution in [0.4, 0.5) is 24.7 Å². The Hall–Kier alpha value is -3.89. The number of carbonyl (C=O) groups excluding carboxylic acids is 2. The number of ketones is 1. The van der Waals surface area contributed by atoms with Gasteiger partial charge in [0.15, 0.2) is 5.78 Å². The van der Waals surface area contributed by atoms with Crippen molar-refractivity contribution in [2.24, 2.45) is 4.99 Å². The van der Waals surface area contributed by atoms with E-state index >= 15 is 0 Å². The molecule has 0 aliphatic carbocycles. The second-order valence-electron chi connectivity index (χ2n) is 7.78. The summed E-state index contributed by atoms with van der Waals surface area (Å²) in [5.74, 6) is 0.441. The number of anilines is 1. The number of Topliss-reactive ketones (excluding diaryl/α,β-unsaturated/α-hetero) is 1. The highest BCUT2D eigenvalue weighted by atomic mass is 19.4. The third-order valence-corrected chi connectivity index (χ3v) is 5.54. The molecule has 0 radical (unpaired) electrons. The van der Waals surface area contributed by atoms with Gasteiger partial charge in [-0.05, 0) is 30.2 Å². The topological polar surface area (TPSA) is 110 Å². The molecular formula is C22H16F3N5O3. The van der Waals surface area contributed by atoms with Crippen molar-refractivity contribution in [2.45, 2.75) is 38.3 Å². The van der Waals surface area contributed by atoms with E-state index in [-0.39, 0.29) is 43.1 Å². The Morgan fingerprint density at radius 3 is 2.82 bits per heavy atom. The standard InChI is InChI=1S/C22H16F3N5O3/c23-22(24,25)12-1-4-15-11(7-12)8-16(28-15)17-9-13(33-30-17)2-5-18(31)20-14-3-6-19(32)29-21(14)27-10-26-20/h1,4,7,9-10H,2-3,5-6,8H2,(H,26,27,29,32). The minimum atomic E-state index is -4.42. The van der Waals surface area contributed by atoms with Crippen molar-refractivity contribution in [2.75, 3.05) is 5.32 Å². The van der Waals surface area contributed by atoms with Crippen LogP contribution in [0.25, 0.3) is 0 Å². The highest BCUT2D eigenvalue weighted by Crippen LogP contribution is 2.36. The van der Waals surface area contributed by atoms with Crippen molar-refractivity contribution in [1.29, 1.82) is 0 Å². The number of carbonyl (C=O) groups is 2. The number of hydrogen-bond donors (Lipinski definition) is 1. The number of fused-ring (bicyclic) bond motifs is 2. The van der Waals surface area contributed by atoms with Crippen molar-refractivity contribution >= 4 is 28.9 Å². The summed E-state index contributed by atoms with van der Waals surface area (Å²) in [5.41, 5.74) is 2.05. The van der Waals surface area contributed by atoms with Gasteiger partial charge >= 0.3 is 6.18 Å². The van der Waals surface area contributed by atoms with Crippen molar-refractivity contribution < 1.29 is 27.3 Å². The van der Waals surface area contributed by atoms with Gasteiger partial charge in [-0.3, -0.25) is 14.6 Å². The van der Waals surface area contributed by atoms with Gasteiger partial charge in [-0.1, -0.05) is 5.16 Å². The Morgan fingerprint density at radius 2 is 2.00 bits per heavy atom. The van der Waals surface area contributed by atoms with E-state index in [1.165, 1.54) is 12.4 Å². The molecule has 3 aromatic rings. The van der Waals surface area contributed by atoms with E-state index in [0.717, 1.165) is 12.1 Å². The highest BCUT2D eigenvalue weighted by molar-refractivity contribution is 6.05. The molecule has 4 heterocycles. The highest BCUT2D eigenvalue weighted by Gasteiger charge is 2.32. The first-order valence-electron chi connectivity index (χ1n) is 10.2. The smallest absolute Gasteiger partial charge is 0.361 e. The Labute approximate surface area is 184 Å². The van der Waals surface area contributed by atoms with Crippen molar-refractivity contribution in [1.82, 2.24) is 15.1 Å². The van der Waals surface area contributed by atoms with Crippen molar-refractivity contribution in [3.05, 3.63) is 64.4 Å². The Balaban J connectivity index is 1.26. The molecule has 8 nitrogen and oxygen atoms in total. The van der Waals surface area contributed by atoms with Gasteiger partial charge in [0.25, 0.3) is 0 Å². The van der Waals surface area contributed by atoms with Gasteiger partial charge in [0, 0.05) is 37.3 Å². The lowest BCUT2D eigenvalue weighted by atomic mass is 10.00. The first-order chi connectivity index (χ1) is 15.8. The summed E-state index contributed by atoms with van der Waals surface area (Å²) in [6, 6.07) is 5.08. The zero-order chi connectivity index (χ0) is 23.2. The van der Waals surface area contributed by atoms with Gasteiger partial charge in [0.05, 0.1) is 17.0 Å². The van der Waals surface area contributed by atoms with E-state index in [1.54, 1.807) is 6.07 Å². The van der Waals surface area contributed by atoms with E-state index in [0.29, 0.717) is 46.2 Å². The number of nitrogens with zero attached hydrogens (tertiary/aromatic N) is 4. The van der Waals surface area contributed by atoms with Crippen LogP contribution in [0.15, 0.2) is 40.1 Å². The fourth-order valence-electron chi connectivity index (χ4n) is 3.88. The van der Waals surface area contributed by atoms with E-state index in [1.807, 2.05) is 0 Å². The number of aryl methyl sites for hydroxylation is 1. The monoisotopic (exact) mass is 455 g/mol. The number of halogens is 3. The molecule has 5 rings (SSSR count). The van der Waals surface area contributed by atoms with Crippen LogP contribution >= 0.6 is 0 Å². The summed E-state index contributed by atoms with van der Waals surface area (Å²) in [7, 11) is 0. The van der Waals surface area contributed by atoms with Crippen LogP contribution in [-0.2, 0) is 30.2 Å². The number of aliphatic imine (C=N–C) groups is 1. The minimum absolute atomic E-state index is 0.105. The van der Waals surface area contributed by atoms with Crippen molar-refractivity contribution in [3.63, 3.8) is 0 Å². The van der Waals surface area contributed by atoms with E-state index in [9.17, 15) is 22.8 Å². The lowest BCUT2D eigenvalue weighted by molar-refractivity contribution is -0.137. The molecule has 2 aliphatic rings. The average molecular weight is 455 g/mol. The number of nitrogens with one attached hydrogen (secondary N) is 1. The van der Waals surface area contributed by atoms with Gasteiger partial charge in [-0.2, -0.15) is 13.2 Å². The first-order valence-corrected chi connectivity index (χ1v) is 10.2. The molecule has 2 aliphatic heterocycles. The summed E-state index contributed by atoms with van der Waals surface area (Å²) < 4.78 is 44.1. The largest absolute Gasteiger partial charge is 0.416 e. The van der Waals surface area contributed by atoms with Crippen LogP contribution in [-0.4, -0.2) is 32.5 Å². The molecule has 0 spiro atoms. The molecule has 33 heavy (non-hydrogen) atoms. The maximum atomic E-state index is 12.9. The van der Waals surface area contributed by atoms with Crippen LogP contribution in [0.5, 0.6) is 0 Å². The summed E-state index contributed by atoms with van der Waals surface area (Å²) >= 11 is 0. The molecular weight excluding hydrogens is 439 g/mol. The summed E-state index contributed by atoms with van der Waals surface area (Å²) in [5, 5.41) is 6.61. The Kier molecular flexibility index (Phi) is 5.03. The average Bonchev–Trinajstić information content (AvgIpc) is 3.42. The molecule has 1 aromatic carbocycles. The lowest BCUT2D eigenvalue weighted by Crippen LogP contribution is -2.23. The second-order valence-corrected chi connectivity index (χ2v) is 7.78. The van der Waals surface area contributed by atoms with Gasteiger partial charge in [0.1, 0.15) is 29.3 Å². The fraction of sp³-hybridized carbons (Fsp3) is 0.273. The Morgan fingerprint density at radius 1 is 1.15 bits per heavy atom. The molecule has 2 aromatic heterocycles. The number of alkyl halides is 3. The van der Waals surface area contributed by atoms with Crippen LogP contribution in [0, 0.1) is 0 Å². The normalized spacial score (nSPS) is 15.0. The van der Waals surface area contributed by atoms with Crippen molar-refractivity contribution in [3.8, 4) is 0 Å². The fourth-order valence-corrected chi connectivity index (χ4v) is 3.88. The molecule has 0 atom stereocenters. The molecule has 11 heteroatoms. The predicted octanol–water partition coefficient (Wildman–Crippen LogP) is 3.86. The summed E-state index contributed by atoms with van der Waals surface area (Å²) in [6.45, 7) is 0. The molecule has 0 saturated heterocycles. The zero-order valence-electron chi connectivity index (χ0n) is 17.1. The molecule has 1 N–H and O–H groups in total. The molecule has 1 amide bonds. The SMILES string of the molecule is O=C1CCc2c(ncnc2C(=O)CCc2cc(C3=Nc4ccc(C(F)(F)F)cc4C3)no2)N1. The zero-order valence-corrected chi connectivity index (χ0v) is 17.1. The van der Waals surface area contributed by atoms with Gasteiger partial charge in [0.2, 0.25) is 5.91 Å². The number of hydrogen-bond acceptors (Lipinski definition) is 7. The third-order valence-electron chi connectivity index (χ3n) is 5.54. The number of amides is 1. The lowest BCUT2D eigenvalue weighted by Gasteiger charge is -2.17. The number of benzene rings is 1. The molecule has 0 bridgehead atoms. The maximum Gasteiger partial charge on any atom is 0.416 e.